The van der Waals surface area contributed by atoms with Gasteiger partial charge in [0, 0.05) is 19.3 Å². The average Bonchev–Trinajstić information content (AvgIpc) is 3.07. The van der Waals surface area contributed by atoms with Crippen molar-refractivity contribution in [2.24, 2.45) is 0 Å². The van der Waals surface area contributed by atoms with Gasteiger partial charge in [-0.1, -0.05) is 12.1 Å². The molecule has 2 aromatic carbocycles. The van der Waals surface area contributed by atoms with Gasteiger partial charge in [0.15, 0.2) is 0 Å². The first-order chi connectivity index (χ1) is 13.4. The molecule has 142 valence electrons. The number of amides is 4. The first-order valence-corrected chi connectivity index (χ1v) is 8.72. The number of carbonyl (C=O) groups is 4. The summed E-state index contributed by atoms with van der Waals surface area (Å²) in [4.78, 5) is 50.7. The lowest BCUT2D eigenvalue weighted by molar-refractivity contribution is 0.0556. The van der Waals surface area contributed by atoms with Crippen LogP contribution in [0.15, 0.2) is 42.5 Å². The number of aliphatic hydroxyl groups excluding tert-OH is 1. The third-order valence-electron chi connectivity index (χ3n) is 4.90. The molecule has 0 spiro atoms. The Morgan fingerprint density at radius 2 is 1.43 bits per heavy atom. The van der Waals surface area contributed by atoms with E-state index in [1.165, 1.54) is 7.05 Å². The Labute approximate surface area is 160 Å². The van der Waals surface area contributed by atoms with Crippen molar-refractivity contribution in [3.8, 4) is 0 Å². The number of carbonyl (C=O) groups excluding carboxylic acids is 4. The summed E-state index contributed by atoms with van der Waals surface area (Å²) >= 11 is 0. The minimum absolute atomic E-state index is 0.0597. The van der Waals surface area contributed by atoms with Gasteiger partial charge in [-0.05, 0) is 30.3 Å². The number of fused-ring (bicyclic) bond motifs is 2. The van der Waals surface area contributed by atoms with Crippen LogP contribution in [0.5, 0.6) is 0 Å². The predicted molar refractivity (Wildman–Crippen MR) is 99.2 cm³/mol. The number of hydrogen-bond donors (Lipinski definition) is 2. The van der Waals surface area contributed by atoms with Gasteiger partial charge < -0.3 is 10.4 Å². The van der Waals surface area contributed by atoms with Crippen LogP contribution in [0.4, 0.5) is 5.69 Å². The van der Waals surface area contributed by atoms with Gasteiger partial charge in [0.25, 0.3) is 23.6 Å². The summed E-state index contributed by atoms with van der Waals surface area (Å²) in [6, 6.07) is 11.3. The Kier molecular flexibility index (Phi) is 4.20. The Hall–Kier alpha value is -3.52. The second kappa shape index (κ2) is 6.58. The van der Waals surface area contributed by atoms with E-state index in [4.69, 9.17) is 0 Å². The molecule has 0 aliphatic carbocycles. The van der Waals surface area contributed by atoms with Gasteiger partial charge in [-0.2, -0.15) is 0 Å². The predicted octanol–water partition coefficient (Wildman–Crippen LogP) is 0.981. The Morgan fingerprint density at radius 3 is 2.07 bits per heavy atom. The van der Waals surface area contributed by atoms with Crippen molar-refractivity contribution in [2.75, 3.05) is 25.5 Å². The minimum Gasteiger partial charge on any atom is -0.389 e. The highest BCUT2D eigenvalue weighted by atomic mass is 16.3. The maximum Gasteiger partial charge on any atom is 0.261 e. The second-order valence-electron chi connectivity index (χ2n) is 6.73. The van der Waals surface area contributed by atoms with Crippen LogP contribution in [0.25, 0.3) is 0 Å². The number of imide groups is 2. The van der Waals surface area contributed by atoms with Crippen molar-refractivity contribution in [1.82, 2.24) is 9.80 Å². The molecule has 4 rings (SSSR count). The number of rotatable bonds is 5. The lowest BCUT2D eigenvalue weighted by atomic mass is 10.1. The SMILES string of the molecule is CN1C(=O)c2ccc(NCC(O)CN3C(=O)c4ccccc4C3=O)cc2C1=O. The van der Waals surface area contributed by atoms with Crippen molar-refractivity contribution in [3.63, 3.8) is 0 Å². The van der Waals surface area contributed by atoms with Crippen molar-refractivity contribution < 1.29 is 24.3 Å². The zero-order chi connectivity index (χ0) is 20.0. The molecule has 0 aromatic heterocycles. The van der Waals surface area contributed by atoms with Crippen molar-refractivity contribution >= 4 is 29.3 Å². The Morgan fingerprint density at radius 1 is 0.857 bits per heavy atom. The lowest BCUT2D eigenvalue weighted by Crippen LogP contribution is -2.39. The van der Waals surface area contributed by atoms with Gasteiger partial charge in [0.1, 0.15) is 0 Å². The lowest BCUT2D eigenvalue weighted by Gasteiger charge is -2.19. The van der Waals surface area contributed by atoms with Gasteiger partial charge in [0.2, 0.25) is 0 Å². The Bertz CT molecular complexity index is 997. The zero-order valence-electron chi connectivity index (χ0n) is 15.0. The first kappa shape index (κ1) is 17.9. The largest absolute Gasteiger partial charge is 0.389 e. The number of anilines is 1. The normalized spacial score (nSPS) is 16.5. The van der Waals surface area contributed by atoms with Crippen LogP contribution >= 0.6 is 0 Å². The highest BCUT2D eigenvalue weighted by Gasteiger charge is 2.36. The van der Waals surface area contributed by atoms with E-state index in [-0.39, 0.29) is 24.9 Å². The van der Waals surface area contributed by atoms with Gasteiger partial charge in [0.05, 0.1) is 34.9 Å². The molecule has 0 fully saturated rings. The highest BCUT2D eigenvalue weighted by Crippen LogP contribution is 2.25. The molecule has 0 bridgehead atoms. The van der Waals surface area contributed by atoms with Crippen molar-refractivity contribution in [2.45, 2.75) is 6.10 Å². The summed E-state index contributed by atoms with van der Waals surface area (Å²) in [6.45, 7) is -0.0887. The summed E-state index contributed by atoms with van der Waals surface area (Å²) in [7, 11) is 1.42. The van der Waals surface area contributed by atoms with E-state index in [1.807, 2.05) is 0 Å². The van der Waals surface area contributed by atoms with Gasteiger partial charge in [-0.3, -0.25) is 29.0 Å². The standard InChI is InChI=1S/C20H17N3O5/c1-22-17(25)15-7-6-11(8-16(15)18(22)26)21-9-12(24)10-23-19(27)13-4-2-3-5-14(13)20(23)28/h2-8,12,21,24H,9-10H2,1H3. The molecule has 4 amide bonds. The van der Waals surface area contributed by atoms with E-state index in [0.29, 0.717) is 27.9 Å². The number of nitrogens with zero attached hydrogens (tertiary/aromatic N) is 2. The summed E-state index contributed by atoms with van der Waals surface area (Å²) in [5.41, 5.74) is 1.85. The summed E-state index contributed by atoms with van der Waals surface area (Å²) in [5.74, 6) is -1.58. The average molecular weight is 379 g/mol. The van der Waals surface area contributed by atoms with Crippen molar-refractivity contribution in [3.05, 3.63) is 64.7 Å². The number of aliphatic hydroxyl groups is 1. The number of hydrogen-bond acceptors (Lipinski definition) is 6. The molecule has 0 saturated carbocycles. The van der Waals surface area contributed by atoms with Crippen LogP contribution < -0.4 is 5.32 Å². The number of benzene rings is 2. The van der Waals surface area contributed by atoms with Crippen LogP contribution in [0.3, 0.4) is 0 Å². The Balaban J connectivity index is 1.41. The molecule has 8 heteroatoms. The third kappa shape index (κ3) is 2.74. The van der Waals surface area contributed by atoms with Gasteiger partial charge >= 0.3 is 0 Å². The molecule has 0 saturated heterocycles. The van der Waals surface area contributed by atoms with E-state index < -0.39 is 17.9 Å². The number of nitrogens with one attached hydrogen (secondary N) is 1. The molecular formula is C20H17N3O5. The van der Waals surface area contributed by atoms with E-state index in [0.717, 1.165) is 9.80 Å². The molecule has 2 aromatic rings. The summed E-state index contributed by atoms with van der Waals surface area (Å²) < 4.78 is 0. The molecule has 2 N–H and O–H groups in total. The topological polar surface area (TPSA) is 107 Å². The minimum atomic E-state index is -1.00. The van der Waals surface area contributed by atoms with Crippen LogP contribution in [0.1, 0.15) is 41.4 Å². The molecule has 2 aliphatic rings. The smallest absolute Gasteiger partial charge is 0.261 e. The monoisotopic (exact) mass is 379 g/mol. The summed E-state index contributed by atoms with van der Waals surface area (Å²) in [6.07, 6.45) is -1.00. The maximum atomic E-state index is 12.3. The van der Waals surface area contributed by atoms with Crippen LogP contribution in [0.2, 0.25) is 0 Å². The van der Waals surface area contributed by atoms with E-state index in [9.17, 15) is 24.3 Å². The van der Waals surface area contributed by atoms with E-state index >= 15 is 0 Å². The van der Waals surface area contributed by atoms with E-state index in [1.54, 1.807) is 42.5 Å². The van der Waals surface area contributed by atoms with Gasteiger partial charge in [-0.25, -0.2) is 0 Å². The second-order valence-corrected chi connectivity index (χ2v) is 6.73. The van der Waals surface area contributed by atoms with E-state index in [2.05, 4.69) is 5.32 Å². The molecular weight excluding hydrogens is 362 g/mol. The molecule has 8 nitrogen and oxygen atoms in total. The summed E-state index contributed by atoms with van der Waals surface area (Å²) in [5, 5.41) is 13.2. The van der Waals surface area contributed by atoms with Crippen molar-refractivity contribution in [1.29, 1.82) is 0 Å². The quantitative estimate of drug-likeness (QED) is 0.750. The van der Waals surface area contributed by atoms with Crippen LogP contribution in [-0.2, 0) is 0 Å². The van der Waals surface area contributed by atoms with Crippen LogP contribution in [-0.4, -0.2) is 64.8 Å². The molecule has 2 heterocycles. The molecule has 28 heavy (non-hydrogen) atoms. The van der Waals surface area contributed by atoms with Gasteiger partial charge in [-0.15, -0.1) is 0 Å². The molecule has 0 radical (unpaired) electrons. The fourth-order valence-electron chi connectivity index (χ4n) is 3.39. The molecule has 1 atom stereocenters. The first-order valence-electron chi connectivity index (χ1n) is 8.72. The molecule has 2 aliphatic heterocycles. The third-order valence-corrected chi connectivity index (χ3v) is 4.90. The van der Waals surface area contributed by atoms with Crippen LogP contribution in [0, 0.1) is 0 Å². The highest BCUT2D eigenvalue weighted by molar-refractivity contribution is 6.22. The maximum absolute atomic E-state index is 12.3. The fraction of sp³-hybridized carbons (Fsp3) is 0.200. The fourth-order valence-corrected chi connectivity index (χ4v) is 3.39. The molecule has 1 unspecified atom stereocenters. The number of β-amino-alcohol motifs (C(OH)–C–C–N with tert-alkyl or cyclic N) is 1. The zero-order valence-corrected chi connectivity index (χ0v) is 15.0.